The van der Waals surface area contributed by atoms with Crippen molar-refractivity contribution in [1.29, 1.82) is 0 Å². The van der Waals surface area contributed by atoms with E-state index in [2.05, 4.69) is 29.2 Å². The van der Waals surface area contributed by atoms with Crippen LogP contribution in [0.3, 0.4) is 0 Å². The fourth-order valence-corrected chi connectivity index (χ4v) is 2.77. The van der Waals surface area contributed by atoms with Gasteiger partial charge in [0.05, 0.1) is 18.8 Å². The van der Waals surface area contributed by atoms with Crippen LogP contribution in [0.5, 0.6) is 0 Å². The smallest absolute Gasteiger partial charge is 0.336 e. The molecule has 0 aromatic heterocycles. The Balaban J connectivity index is 1.66. The minimum atomic E-state index is -0.906. The summed E-state index contributed by atoms with van der Waals surface area (Å²) >= 11 is 0. The van der Waals surface area contributed by atoms with E-state index in [1.54, 1.807) is 12.1 Å². The van der Waals surface area contributed by atoms with Crippen molar-refractivity contribution in [3.05, 3.63) is 70.8 Å². The first-order chi connectivity index (χ1) is 11.7. The van der Waals surface area contributed by atoms with Crippen LogP contribution < -0.4 is 0 Å². The molecule has 0 unspecified atom stereocenters. The Bertz CT molecular complexity index is 716. The molecule has 4 nitrogen and oxygen atoms in total. The molecule has 24 heavy (non-hydrogen) atoms. The minimum absolute atomic E-state index is 0.317. The average molecular weight is 323 g/mol. The van der Waals surface area contributed by atoms with Gasteiger partial charge in [0, 0.05) is 19.6 Å². The maximum atomic E-state index is 11.2. The zero-order valence-electron chi connectivity index (χ0n) is 13.5. The molecule has 1 heterocycles. The summed E-state index contributed by atoms with van der Waals surface area (Å²) in [6.07, 6.45) is 3.79. The van der Waals surface area contributed by atoms with Crippen LogP contribution in [0.25, 0.3) is 12.2 Å². The van der Waals surface area contributed by atoms with E-state index in [1.165, 1.54) is 5.56 Å². The Morgan fingerprint density at radius 1 is 1.04 bits per heavy atom. The standard InChI is InChI=1S/C20H21NO3/c22-20(23)19-4-2-1-3-18(19)10-9-16-5-7-17(8-6-16)15-21-11-13-24-14-12-21/h1-10H,11-15H2,(H,22,23)/b10-9+. The van der Waals surface area contributed by atoms with E-state index in [-0.39, 0.29) is 0 Å². The third-order valence-electron chi connectivity index (χ3n) is 4.14. The normalized spacial score (nSPS) is 15.7. The molecular weight excluding hydrogens is 302 g/mol. The Kier molecular flexibility index (Phi) is 5.41. The molecule has 2 aromatic rings. The van der Waals surface area contributed by atoms with E-state index in [4.69, 9.17) is 4.74 Å². The summed E-state index contributed by atoms with van der Waals surface area (Å²) in [4.78, 5) is 13.6. The van der Waals surface area contributed by atoms with Gasteiger partial charge in [-0.15, -0.1) is 0 Å². The molecule has 0 radical (unpaired) electrons. The zero-order chi connectivity index (χ0) is 16.8. The average Bonchev–Trinajstić information content (AvgIpc) is 2.62. The van der Waals surface area contributed by atoms with Crippen molar-refractivity contribution in [1.82, 2.24) is 4.90 Å². The zero-order valence-corrected chi connectivity index (χ0v) is 13.5. The molecule has 1 N–H and O–H groups in total. The number of hydrogen-bond acceptors (Lipinski definition) is 3. The lowest BCUT2D eigenvalue weighted by atomic mass is 10.1. The second-order valence-electron chi connectivity index (χ2n) is 5.86. The van der Waals surface area contributed by atoms with Crippen molar-refractivity contribution in [3.8, 4) is 0 Å². The van der Waals surface area contributed by atoms with E-state index < -0.39 is 5.97 Å². The molecule has 0 spiro atoms. The first kappa shape index (κ1) is 16.4. The van der Waals surface area contributed by atoms with E-state index in [1.807, 2.05) is 24.3 Å². The molecule has 124 valence electrons. The van der Waals surface area contributed by atoms with Crippen molar-refractivity contribution in [2.45, 2.75) is 6.54 Å². The summed E-state index contributed by atoms with van der Waals surface area (Å²) in [5.74, 6) is -0.906. The van der Waals surface area contributed by atoms with Crippen LogP contribution in [-0.2, 0) is 11.3 Å². The highest BCUT2D eigenvalue weighted by Crippen LogP contribution is 2.15. The molecule has 3 rings (SSSR count). The second kappa shape index (κ2) is 7.90. The molecule has 0 atom stereocenters. The SMILES string of the molecule is O=C(O)c1ccccc1/C=C/c1ccc(CN2CCOCC2)cc1. The molecule has 1 fully saturated rings. The van der Waals surface area contributed by atoms with Crippen LogP contribution in [0.15, 0.2) is 48.5 Å². The van der Waals surface area contributed by atoms with Crippen LogP contribution in [-0.4, -0.2) is 42.3 Å². The van der Waals surface area contributed by atoms with Gasteiger partial charge in [-0.2, -0.15) is 0 Å². The van der Waals surface area contributed by atoms with Gasteiger partial charge in [0.1, 0.15) is 0 Å². The highest BCUT2D eigenvalue weighted by molar-refractivity contribution is 5.93. The number of benzene rings is 2. The molecule has 1 saturated heterocycles. The van der Waals surface area contributed by atoms with Crippen LogP contribution >= 0.6 is 0 Å². The summed E-state index contributed by atoms with van der Waals surface area (Å²) in [5.41, 5.74) is 3.36. The lowest BCUT2D eigenvalue weighted by Crippen LogP contribution is -2.35. The Hall–Kier alpha value is -2.43. The molecule has 2 aromatic carbocycles. The van der Waals surface area contributed by atoms with Gasteiger partial charge in [0.2, 0.25) is 0 Å². The minimum Gasteiger partial charge on any atom is -0.478 e. The van der Waals surface area contributed by atoms with Crippen molar-refractivity contribution in [2.75, 3.05) is 26.3 Å². The van der Waals surface area contributed by atoms with Crippen LogP contribution in [0.4, 0.5) is 0 Å². The van der Waals surface area contributed by atoms with Gasteiger partial charge in [-0.25, -0.2) is 4.79 Å². The van der Waals surface area contributed by atoms with Crippen molar-refractivity contribution in [3.63, 3.8) is 0 Å². The summed E-state index contributed by atoms with van der Waals surface area (Å²) in [5, 5.41) is 9.21. The first-order valence-corrected chi connectivity index (χ1v) is 8.12. The molecular formula is C20H21NO3. The molecule has 0 amide bonds. The Morgan fingerprint density at radius 3 is 2.46 bits per heavy atom. The van der Waals surface area contributed by atoms with Gasteiger partial charge < -0.3 is 9.84 Å². The van der Waals surface area contributed by atoms with Gasteiger partial charge in [-0.3, -0.25) is 4.90 Å². The monoisotopic (exact) mass is 323 g/mol. The van der Waals surface area contributed by atoms with E-state index in [0.29, 0.717) is 11.1 Å². The van der Waals surface area contributed by atoms with Gasteiger partial charge in [0.15, 0.2) is 0 Å². The highest BCUT2D eigenvalue weighted by Gasteiger charge is 2.10. The van der Waals surface area contributed by atoms with E-state index in [0.717, 1.165) is 38.4 Å². The number of morpholine rings is 1. The third kappa shape index (κ3) is 4.31. The predicted octanol–water partition coefficient (Wildman–Crippen LogP) is 3.39. The van der Waals surface area contributed by atoms with Crippen LogP contribution in [0.1, 0.15) is 27.0 Å². The molecule has 1 aliphatic rings. The lowest BCUT2D eigenvalue weighted by Gasteiger charge is -2.26. The second-order valence-corrected chi connectivity index (χ2v) is 5.86. The Labute approximate surface area is 142 Å². The largest absolute Gasteiger partial charge is 0.478 e. The van der Waals surface area contributed by atoms with E-state index >= 15 is 0 Å². The maximum absolute atomic E-state index is 11.2. The van der Waals surface area contributed by atoms with Crippen LogP contribution in [0.2, 0.25) is 0 Å². The first-order valence-electron chi connectivity index (χ1n) is 8.12. The number of aromatic carboxylic acids is 1. The number of carboxylic acid groups (broad SMARTS) is 1. The quantitative estimate of drug-likeness (QED) is 0.857. The molecule has 0 aliphatic carbocycles. The predicted molar refractivity (Wildman–Crippen MR) is 94.9 cm³/mol. The fourth-order valence-electron chi connectivity index (χ4n) is 2.77. The summed E-state index contributed by atoms with van der Waals surface area (Å²) in [7, 11) is 0. The van der Waals surface area contributed by atoms with Crippen molar-refractivity contribution < 1.29 is 14.6 Å². The number of hydrogen-bond donors (Lipinski definition) is 1. The van der Waals surface area contributed by atoms with Crippen molar-refractivity contribution in [2.24, 2.45) is 0 Å². The van der Waals surface area contributed by atoms with Gasteiger partial charge in [0.25, 0.3) is 0 Å². The van der Waals surface area contributed by atoms with Crippen molar-refractivity contribution >= 4 is 18.1 Å². The Morgan fingerprint density at radius 2 is 1.75 bits per heavy atom. The lowest BCUT2D eigenvalue weighted by molar-refractivity contribution is 0.0342. The summed E-state index contributed by atoms with van der Waals surface area (Å²) in [6, 6.07) is 15.4. The number of ether oxygens (including phenoxy) is 1. The molecule has 0 bridgehead atoms. The maximum Gasteiger partial charge on any atom is 0.336 e. The number of rotatable bonds is 5. The molecule has 0 saturated carbocycles. The molecule has 1 aliphatic heterocycles. The van der Waals surface area contributed by atoms with E-state index in [9.17, 15) is 9.90 Å². The van der Waals surface area contributed by atoms with Crippen LogP contribution in [0, 0.1) is 0 Å². The summed E-state index contributed by atoms with van der Waals surface area (Å²) < 4.78 is 5.36. The fraction of sp³-hybridized carbons (Fsp3) is 0.250. The molecule has 4 heteroatoms. The summed E-state index contributed by atoms with van der Waals surface area (Å²) in [6.45, 7) is 4.52. The topological polar surface area (TPSA) is 49.8 Å². The number of nitrogens with zero attached hydrogens (tertiary/aromatic N) is 1. The van der Waals surface area contributed by atoms with Gasteiger partial charge in [-0.05, 0) is 22.8 Å². The third-order valence-corrected chi connectivity index (χ3v) is 4.14. The number of carboxylic acids is 1. The number of carbonyl (C=O) groups is 1. The highest BCUT2D eigenvalue weighted by atomic mass is 16.5. The van der Waals surface area contributed by atoms with Gasteiger partial charge in [-0.1, -0.05) is 54.6 Å². The van der Waals surface area contributed by atoms with Gasteiger partial charge >= 0.3 is 5.97 Å².